The average Bonchev–Trinajstić information content (AvgIpc) is 2.90. The van der Waals surface area contributed by atoms with Gasteiger partial charge in [0.2, 0.25) is 0 Å². The molecule has 0 aliphatic carbocycles. The highest BCUT2D eigenvalue weighted by atomic mass is 16.5. The Bertz CT molecular complexity index is 571. The van der Waals surface area contributed by atoms with Gasteiger partial charge in [0.05, 0.1) is 26.5 Å². The number of aromatic nitrogens is 3. The van der Waals surface area contributed by atoms with Crippen molar-refractivity contribution in [3.8, 4) is 22.8 Å². The van der Waals surface area contributed by atoms with Crippen LogP contribution in [0.25, 0.3) is 11.3 Å². The molecule has 0 saturated carbocycles. The molecule has 1 aromatic heterocycles. The lowest BCUT2D eigenvalue weighted by Crippen LogP contribution is -2.06. The molecule has 1 heterocycles. The van der Waals surface area contributed by atoms with E-state index in [1.54, 1.807) is 25.0 Å². The summed E-state index contributed by atoms with van der Waals surface area (Å²) in [6, 6.07) is 5.68. The van der Waals surface area contributed by atoms with Gasteiger partial charge in [0, 0.05) is 17.7 Å². The van der Waals surface area contributed by atoms with Crippen LogP contribution in [0.5, 0.6) is 11.5 Å². The van der Waals surface area contributed by atoms with E-state index in [0.29, 0.717) is 17.2 Å². The van der Waals surface area contributed by atoms with Crippen molar-refractivity contribution in [3.63, 3.8) is 0 Å². The van der Waals surface area contributed by atoms with Crippen molar-refractivity contribution in [2.45, 2.75) is 26.5 Å². The molecule has 2 aromatic rings. The summed E-state index contributed by atoms with van der Waals surface area (Å²) < 4.78 is 12.3. The van der Waals surface area contributed by atoms with Crippen molar-refractivity contribution in [2.75, 3.05) is 14.2 Å². The number of benzene rings is 1. The Kier molecular flexibility index (Phi) is 4.24. The van der Waals surface area contributed by atoms with Crippen LogP contribution in [0.3, 0.4) is 0 Å². The fraction of sp³-hybridized carbons (Fsp3) is 0.429. The minimum absolute atomic E-state index is 0.134. The van der Waals surface area contributed by atoms with Crippen molar-refractivity contribution < 1.29 is 14.6 Å². The van der Waals surface area contributed by atoms with E-state index in [1.165, 1.54) is 0 Å². The van der Waals surface area contributed by atoms with Crippen molar-refractivity contribution in [2.24, 2.45) is 0 Å². The summed E-state index contributed by atoms with van der Waals surface area (Å²) in [7, 11) is 3.20. The first kappa shape index (κ1) is 14.3. The van der Waals surface area contributed by atoms with Crippen LogP contribution in [0.15, 0.2) is 18.2 Å². The number of nitrogens with zero attached hydrogens (tertiary/aromatic N) is 3. The normalized spacial score (nSPS) is 10.9. The predicted octanol–water partition coefficient (Wildman–Crippen LogP) is 2.04. The predicted molar refractivity (Wildman–Crippen MR) is 74.9 cm³/mol. The largest absolute Gasteiger partial charge is 0.497 e. The van der Waals surface area contributed by atoms with Crippen molar-refractivity contribution in [1.82, 2.24) is 15.0 Å². The molecule has 6 nitrogen and oxygen atoms in total. The molecule has 0 aliphatic rings. The van der Waals surface area contributed by atoms with E-state index in [9.17, 15) is 5.11 Å². The van der Waals surface area contributed by atoms with Crippen LogP contribution in [0.1, 0.15) is 25.6 Å². The number of aliphatic hydroxyl groups is 1. The van der Waals surface area contributed by atoms with Gasteiger partial charge in [0.1, 0.15) is 17.2 Å². The lowest BCUT2D eigenvalue weighted by molar-refractivity contribution is 0.277. The highest BCUT2D eigenvalue weighted by Crippen LogP contribution is 2.32. The Morgan fingerprint density at radius 3 is 2.20 bits per heavy atom. The van der Waals surface area contributed by atoms with Gasteiger partial charge in [0.25, 0.3) is 0 Å². The molecule has 1 N–H and O–H groups in total. The molecule has 0 spiro atoms. The Hall–Kier alpha value is -2.08. The molecule has 0 aliphatic heterocycles. The zero-order valence-corrected chi connectivity index (χ0v) is 12.1. The summed E-state index contributed by atoms with van der Waals surface area (Å²) in [6.45, 7) is 3.86. The van der Waals surface area contributed by atoms with Crippen molar-refractivity contribution in [1.29, 1.82) is 0 Å². The summed E-state index contributed by atoms with van der Waals surface area (Å²) in [5.74, 6) is 1.36. The minimum Gasteiger partial charge on any atom is -0.497 e. The summed E-state index contributed by atoms with van der Waals surface area (Å²) in [5, 5.41) is 17.6. The van der Waals surface area contributed by atoms with Crippen LogP contribution in [0.2, 0.25) is 0 Å². The Balaban J connectivity index is 2.63. The molecule has 6 heteroatoms. The highest BCUT2D eigenvalue weighted by molar-refractivity contribution is 5.66. The third-order valence-corrected chi connectivity index (χ3v) is 3.03. The maximum Gasteiger partial charge on any atom is 0.123 e. The Labute approximate surface area is 117 Å². The second kappa shape index (κ2) is 5.92. The van der Waals surface area contributed by atoms with Gasteiger partial charge in [-0.3, -0.25) is 0 Å². The number of aliphatic hydroxyl groups excluding tert-OH is 1. The zero-order chi connectivity index (χ0) is 14.7. The molecule has 0 amide bonds. The molecule has 0 unspecified atom stereocenters. The number of methoxy groups -OCH3 is 2. The van der Waals surface area contributed by atoms with Gasteiger partial charge in [-0.1, -0.05) is 5.21 Å². The minimum atomic E-state index is -0.165. The first-order chi connectivity index (χ1) is 9.60. The molecule has 0 saturated heterocycles. The fourth-order valence-electron chi connectivity index (χ4n) is 2.04. The Morgan fingerprint density at radius 1 is 1.15 bits per heavy atom. The fourth-order valence-corrected chi connectivity index (χ4v) is 2.04. The molecular weight excluding hydrogens is 258 g/mol. The molecule has 2 rings (SSSR count). The number of hydrogen-bond acceptors (Lipinski definition) is 5. The van der Waals surface area contributed by atoms with Gasteiger partial charge in [-0.25, -0.2) is 4.68 Å². The monoisotopic (exact) mass is 277 g/mol. The van der Waals surface area contributed by atoms with Crippen LogP contribution >= 0.6 is 0 Å². The van der Waals surface area contributed by atoms with Crippen LogP contribution < -0.4 is 9.47 Å². The smallest absolute Gasteiger partial charge is 0.123 e. The molecule has 0 fully saturated rings. The van der Waals surface area contributed by atoms with Gasteiger partial charge in [-0.05, 0) is 26.0 Å². The van der Waals surface area contributed by atoms with Crippen LogP contribution in [0, 0.1) is 0 Å². The van der Waals surface area contributed by atoms with Gasteiger partial charge in [-0.2, -0.15) is 0 Å². The second-order valence-corrected chi connectivity index (χ2v) is 4.68. The first-order valence-electron chi connectivity index (χ1n) is 6.39. The molecule has 0 bridgehead atoms. The van der Waals surface area contributed by atoms with Crippen LogP contribution in [-0.4, -0.2) is 34.3 Å². The molecule has 0 atom stereocenters. The lowest BCUT2D eigenvalue weighted by Gasteiger charge is -2.13. The standard InChI is InChI=1S/C14H19N3O3/c1-9(2)17-14(13(8-18)15-16-17)10-5-11(19-3)7-12(6-10)20-4/h5-7,9,18H,8H2,1-4H3. The van der Waals surface area contributed by atoms with Crippen molar-refractivity contribution in [3.05, 3.63) is 23.9 Å². The van der Waals surface area contributed by atoms with E-state index in [-0.39, 0.29) is 12.6 Å². The molecular formula is C14H19N3O3. The van der Waals surface area contributed by atoms with Gasteiger partial charge in [-0.15, -0.1) is 5.10 Å². The van der Waals surface area contributed by atoms with E-state index in [2.05, 4.69) is 10.3 Å². The van der Waals surface area contributed by atoms with E-state index in [1.807, 2.05) is 26.0 Å². The van der Waals surface area contributed by atoms with E-state index in [0.717, 1.165) is 11.3 Å². The average molecular weight is 277 g/mol. The van der Waals surface area contributed by atoms with E-state index in [4.69, 9.17) is 9.47 Å². The number of rotatable bonds is 5. The summed E-state index contributed by atoms with van der Waals surface area (Å²) in [5.41, 5.74) is 2.16. The molecule has 1 aromatic carbocycles. The Morgan fingerprint density at radius 2 is 1.75 bits per heavy atom. The summed E-state index contributed by atoms with van der Waals surface area (Å²) in [4.78, 5) is 0. The third kappa shape index (κ3) is 2.60. The topological polar surface area (TPSA) is 69.4 Å². The van der Waals surface area contributed by atoms with Crippen LogP contribution in [0.4, 0.5) is 0 Å². The van der Waals surface area contributed by atoms with Gasteiger partial charge in [0.15, 0.2) is 0 Å². The zero-order valence-electron chi connectivity index (χ0n) is 12.1. The summed E-state index contributed by atoms with van der Waals surface area (Å²) in [6.07, 6.45) is 0. The molecule has 20 heavy (non-hydrogen) atoms. The SMILES string of the molecule is COc1cc(OC)cc(-c2c(CO)nnn2C(C)C)c1. The maximum absolute atomic E-state index is 9.45. The van der Waals surface area contributed by atoms with Crippen LogP contribution in [-0.2, 0) is 6.61 Å². The number of ether oxygens (including phenoxy) is 2. The quantitative estimate of drug-likeness (QED) is 0.905. The highest BCUT2D eigenvalue weighted by Gasteiger charge is 2.17. The molecule has 108 valence electrons. The maximum atomic E-state index is 9.45. The second-order valence-electron chi connectivity index (χ2n) is 4.68. The lowest BCUT2D eigenvalue weighted by atomic mass is 10.1. The van der Waals surface area contributed by atoms with Gasteiger partial charge >= 0.3 is 0 Å². The van der Waals surface area contributed by atoms with E-state index < -0.39 is 0 Å². The van der Waals surface area contributed by atoms with Crippen molar-refractivity contribution >= 4 is 0 Å². The summed E-state index contributed by atoms with van der Waals surface area (Å²) >= 11 is 0. The van der Waals surface area contributed by atoms with E-state index >= 15 is 0 Å². The number of hydrogen-bond donors (Lipinski definition) is 1. The first-order valence-corrected chi connectivity index (χ1v) is 6.39. The molecule has 0 radical (unpaired) electrons. The van der Waals surface area contributed by atoms with Gasteiger partial charge < -0.3 is 14.6 Å². The third-order valence-electron chi connectivity index (χ3n) is 3.03.